The van der Waals surface area contributed by atoms with E-state index in [1.807, 2.05) is 13.0 Å². The lowest BCUT2D eigenvalue weighted by Gasteiger charge is -2.26. The Morgan fingerprint density at radius 1 is 1.53 bits per heavy atom. The SMILES string of the molecule is Cc1ncc(NC(=O)N2CCOCC2)cc1Br. The third-order valence-corrected chi connectivity index (χ3v) is 3.38. The molecule has 0 aromatic carbocycles. The van der Waals surface area contributed by atoms with E-state index in [1.54, 1.807) is 11.1 Å². The van der Waals surface area contributed by atoms with E-state index in [1.165, 1.54) is 0 Å². The average molecular weight is 300 g/mol. The Morgan fingerprint density at radius 3 is 2.88 bits per heavy atom. The lowest BCUT2D eigenvalue weighted by molar-refractivity contribution is 0.0564. The van der Waals surface area contributed by atoms with Crippen molar-refractivity contribution in [2.24, 2.45) is 0 Å². The van der Waals surface area contributed by atoms with E-state index in [9.17, 15) is 4.79 Å². The number of halogens is 1. The predicted molar refractivity (Wildman–Crippen MR) is 68.1 cm³/mol. The van der Waals surface area contributed by atoms with Gasteiger partial charge in [0.1, 0.15) is 0 Å². The first-order chi connectivity index (χ1) is 8.16. The van der Waals surface area contributed by atoms with E-state index in [2.05, 4.69) is 26.2 Å². The van der Waals surface area contributed by atoms with Crippen molar-refractivity contribution in [3.05, 3.63) is 22.4 Å². The van der Waals surface area contributed by atoms with Crippen LogP contribution in [-0.2, 0) is 4.74 Å². The molecule has 92 valence electrons. The fraction of sp³-hybridized carbons (Fsp3) is 0.455. The van der Waals surface area contributed by atoms with Crippen molar-refractivity contribution in [3.8, 4) is 0 Å². The molecule has 1 saturated heterocycles. The monoisotopic (exact) mass is 299 g/mol. The fourth-order valence-electron chi connectivity index (χ4n) is 1.54. The minimum Gasteiger partial charge on any atom is -0.378 e. The molecule has 0 saturated carbocycles. The molecule has 1 aromatic heterocycles. The molecule has 0 atom stereocenters. The van der Waals surface area contributed by atoms with Crippen molar-refractivity contribution in [3.63, 3.8) is 0 Å². The quantitative estimate of drug-likeness (QED) is 0.863. The summed E-state index contributed by atoms with van der Waals surface area (Å²) in [4.78, 5) is 17.8. The van der Waals surface area contributed by atoms with E-state index in [0.717, 1.165) is 10.2 Å². The standard InChI is InChI=1S/C11H14BrN3O2/c1-8-10(12)6-9(7-13-8)14-11(16)15-2-4-17-5-3-15/h6-7H,2-5H2,1H3,(H,14,16). The number of hydrogen-bond donors (Lipinski definition) is 1. The zero-order valence-corrected chi connectivity index (χ0v) is 11.2. The van der Waals surface area contributed by atoms with Gasteiger partial charge in [-0.05, 0) is 28.9 Å². The van der Waals surface area contributed by atoms with E-state index in [0.29, 0.717) is 32.0 Å². The predicted octanol–water partition coefficient (Wildman–Crippen LogP) is 2.02. The number of rotatable bonds is 1. The van der Waals surface area contributed by atoms with Crippen LogP contribution < -0.4 is 5.32 Å². The van der Waals surface area contributed by atoms with Gasteiger partial charge in [-0.15, -0.1) is 0 Å². The molecule has 0 aliphatic carbocycles. The number of urea groups is 1. The Morgan fingerprint density at radius 2 is 2.24 bits per heavy atom. The molecule has 0 radical (unpaired) electrons. The number of aryl methyl sites for hydroxylation is 1. The summed E-state index contributed by atoms with van der Waals surface area (Å²) in [5.41, 5.74) is 1.59. The van der Waals surface area contributed by atoms with Crippen LogP contribution in [0.25, 0.3) is 0 Å². The van der Waals surface area contributed by atoms with Gasteiger partial charge in [-0.3, -0.25) is 4.98 Å². The number of ether oxygens (including phenoxy) is 1. The van der Waals surface area contributed by atoms with Gasteiger partial charge in [0.15, 0.2) is 0 Å². The van der Waals surface area contributed by atoms with Gasteiger partial charge in [0.25, 0.3) is 0 Å². The van der Waals surface area contributed by atoms with Crippen LogP contribution in [-0.4, -0.2) is 42.2 Å². The van der Waals surface area contributed by atoms with E-state index < -0.39 is 0 Å². The highest BCUT2D eigenvalue weighted by molar-refractivity contribution is 9.10. The van der Waals surface area contributed by atoms with Crippen molar-refractivity contribution in [2.75, 3.05) is 31.6 Å². The highest BCUT2D eigenvalue weighted by atomic mass is 79.9. The summed E-state index contributed by atoms with van der Waals surface area (Å²) in [7, 11) is 0. The molecule has 1 aliphatic rings. The van der Waals surface area contributed by atoms with Crippen LogP contribution >= 0.6 is 15.9 Å². The second-order valence-corrected chi connectivity index (χ2v) is 4.68. The lowest BCUT2D eigenvalue weighted by Crippen LogP contribution is -2.43. The number of aromatic nitrogens is 1. The summed E-state index contributed by atoms with van der Waals surface area (Å²) < 4.78 is 6.08. The number of pyridine rings is 1. The number of nitrogens with zero attached hydrogens (tertiary/aromatic N) is 2. The summed E-state index contributed by atoms with van der Waals surface area (Å²) in [6.45, 7) is 4.36. The van der Waals surface area contributed by atoms with E-state index >= 15 is 0 Å². The zero-order valence-electron chi connectivity index (χ0n) is 9.57. The molecule has 2 rings (SSSR count). The molecule has 17 heavy (non-hydrogen) atoms. The van der Waals surface area contributed by atoms with Crippen molar-refractivity contribution >= 4 is 27.6 Å². The van der Waals surface area contributed by atoms with Crippen molar-refractivity contribution in [1.82, 2.24) is 9.88 Å². The maximum atomic E-state index is 11.9. The average Bonchev–Trinajstić information content (AvgIpc) is 2.35. The fourth-order valence-corrected chi connectivity index (χ4v) is 1.89. The maximum Gasteiger partial charge on any atom is 0.322 e. The molecular formula is C11H14BrN3O2. The lowest BCUT2D eigenvalue weighted by atomic mass is 10.3. The normalized spacial score (nSPS) is 15.8. The minimum absolute atomic E-state index is 0.106. The first-order valence-corrected chi connectivity index (χ1v) is 6.22. The molecule has 0 spiro atoms. The van der Waals surface area contributed by atoms with Crippen molar-refractivity contribution in [2.45, 2.75) is 6.92 Å². The van der Waals surface area contributed by atoms with Crippen LogP contribution in [0.5, 0.6) is 0 Å². The van der Waals surface area contributed by atoms with Crippen LogP contribution in [0.2, 0.25) is 0 Å². The molecule has 0 bridgehead atoms. The molecule has 1 N–H and O–H groups in total. The van der Waals surface area contributed by atoms with E-state index in [4.69, 9.17) is 4.74 Å². The smallest absolute Gasteiger partial charge is 0.322 e. The second-order valence-electron chi connectivity index (χ2n) is 3.82. The molecule has 2 heterocycles. The molecule has 6 heteroatoms. The Labute approximate surface area is 108 Å². The van der Waals surface area contributed by atoms with Gasteiger partial charge >= 0.3 is 6.03 Å². The van der Waals surface area contributed by atoms with Crippen LogP contribution in [0.4, 0.5) is 10.5 Å². The molecular weight excluding hydrogens is 286 g/mol. The molecule has 5 nitrogen and oxygen atoms in total. The minimum atomic E-state index is -0.106. The number of carbonyl (C=O) groups is 1. The zero-order chi connectivity index (χ0) is 12.3. The summed E-state index contributed by atoms with van der Waals surface area (Å²) in [5, 5.41) is 2.82. The van der Waals surface area contributed by atoms with Gasteiger partial charge in [-0.1, -0.05) is 0 Å². The molecule has 2 amide bonds. The van der Waals surface area contributed by atoms with Gasteiger partial charge in [-0.25, -0.2) is 4.79 Å². The van der Waals surface area contributed by atoms with Crippen LogP contribution in [0.1, 0.15) is 5.69 Å². The third-order valence-electron chi connectivity index (χ3n) is 2.57. The Hall–Kier alpha value is -1.14. The van der Waals surface area contributed by atoms with Crippen molar-refractivity contribution < 1.29 is 9.53 Å². The number of nitrogens with one attached hydrogen (secondary N) is 1. The Balaban J connectivity index is 1.99. The number of hydrogen-bond acceptors (Lipinski definition) is 3. The Bertz CT molecular complexity index is 419. The summed E-state index contributed by atoms with van der Waals surface area (Å²) in [6.07, 6.45) is 1.65. The third kappa shape index (κ3) is 3.17. The molecule has 1 aromatic rings. The van der Waals surface area contributed by atoms with Gasteiger partial charge < -0.3 is 15.0 Å². The molecule has 0 unspecified atom stereocenters. The van der Waals surface area contributed by atoms with E-state index in [-0.39, 0.29) is 6.03 Å². The van der Waals surface area contributed by atoms with Crippen molar-refractivity contribution in [1.29, 1.82) is 0 Å². The summed E-state index contributed by atoms with van der Waals surface area (Å²) in [5.74, 6) is 0. The topological polar surface area (TPSA) is 54.5 Å². The largest absolute Gasteiger partial charge is 0.378 e. The maximum absolute atomic E-state index is 11.9. The first kappa shape index (κ1) is 12.3. The first-order valence-electron chi connectivity index (χ1n) is 5.42. The summed E-state index contributed by atoms with van der Waals surface area (Å²) in [6, 6.07) is 1.74. The highest BCUT2D eigenvalue weighted by Crippen LogP contribution is 2.18. The van der Waals surface area contributed by atoms with Crippen LogP contribution in [0, 0.1) is 6.92 Å². The number of carbonyl (C=O) groups excluding carboxylic acids is 1. The molecule has 1 aliphatic heterocycles. The van der Waals surface area contributed by atoms with Gasteiger partial charge in [0, 0.05) is 17.6 Å². The van der Waals surface area contributed by atoms with Crippen LogP contribution in [0.15, 0.2) is 16.7 Å². The molecule has 1 fully saturated rings. The second kappa shape index (κ2) is 5.46. The van der Waals surface area contributed by atoms with Gasteiger partial charge in [0.2, 0.25) is 0 Å². The van der Waals surface area contributed by atoms with Crippen LogP contribution in [0.3, 0.4) is 0 Å². The highest BCUT2D eigenvalue weighted by Gasteiger charge is 2.16. The van der Waals surface area contributed by atoms with Gasteiger partial charge in [0.05, 0.1) is 30.8 Å². The van der Waals surface area contributed by atoms with Gasteiger partial charge in [-0.2, -0.15) is 0 Å². The number of morpholine rings is 1. The summed E-state index contributed by atoms with van der Waals surface area (Å²) >= 11 is 3.38. The Kier molecular flexibility index (Phi) is 3.96. The number of amides is 2. The number of anilines is 1.